The predicted molar refractivity (Wildman–Crippen MR) is 104 cm³/mol. The van der Waals surface area contributed by atoms with Crippen LogP contribution in [0.15, 0.2) is 10.6 Å². The predicted octanol–water partition coefficient (Wildman–Crippen LogP) is 4.41. The van der Waals surface area contributed by atoms with Crippen molar-refractivity contribution in [3.8, 4) is 0 Å². The summed E-state index contributed by atoms with van der Waals surface area (Å²) in [7, 11) is 4.30. The van der Waals surface area contributed by atoms with Gasteiger partial charge in [-0.25, -0.2) is 4.39 Å². The van der Waals surface area contributed by atoms with Gasteiger partial charge in [-0.1, -0.05) is 53.1 Å². The van der Waals surface area contributed by atoms with Crippen molar-refractivity contribution in [1.82, 2.24) is 9.80 Å². The fraction of sp³-hybridized carbons (Fsp3) is 0.889. The van der Waals surface area contributed by atoms with Crippen LogP contribution in [0, 0.1) is 5.92 Å². The molecule has 0 saturated heterocycles. The molecule has 0 amide bonds. The van der Waals surface area contributed by atoms with E-state index in [2.05, 4.69) is 26.1 Å². The Morgan fingerprint density at radius 1 is 1.33 bits per heavy atom. The molecule has 1 saturated carbocycles. The zero-order valence-corrected chi connectivity index (χ0v) is 17.1. The molecule has 6 heteroatoms. The lowest BCUT2D eigenvalue weighted by Crippen LogP contribution is -2.38. The molecule has 2 heterocycles. The summed E-state index contributed by atoms with van der Waals surface area (Å²) in [6, 6.07) is 0. The van der Waals surface area contributed by atoms with Crippen molar-refractivity contribution >= 4 is 21.0 Å². The third-order valence-electron chi connectivity index (χ3n) is 5.42. The molecule has 0 spiro atoms. The number of likely N-dealkylation sites (N-methyl/N-ethyl adjacent to an activating group) is 1. The van der Waals surface area contributed by atoms with Crippen molar-refractivity contribution in [1.29, 1.82) is 0 Å². The Balaban J connectivity index is 1.46. The van der Waals surface area contributed by atoms with Crippen LogP contribution in [0.25, 0.3) is 0 Å². The molecule has 1 fully saturated rings. The van der Waals surface area contributed by atoms with E-state index in [1.54, 1.807) is 11.8 Å². The Labute approximate surface area is 152 Å². The average Bonchev–Trinajstić information content (AvgIpc) is 2.87. The van der Waals surface area contributed by atoms with Gasteiger partial charge in [0.25, 0.3) is 0 Å². The minimum Gasteiger partial charge on any atom is -0.345 e. The van der Waals surface area contributed by atoms with Gasteiger partial charge in [-0.05, 0) is 32.2 Å². The number of hydrogen-bond acceptors (Lipinski definition) is 4. The second-order valence-corrected chi connectivity index (χ2v) is 10.1. The Morgan fingerprint density at radius 2 is 2.08 bits per heavy atom. The first-order valence-corrected chi connectivity index (χ1v) is 10.8. The molecule has 138 valence electrons. The fourth-order valence-electron chi connectivity index (χ4n) is 3.96. The van der Waals surface area contributed by atoms with Crippen LogP contribution in [0.4, 0.5) is 4.39 Å². The molecule has 2 aliphatic heterocycles. The van der Waals surface area contributed by atoms with Crippen molar-refractivity contribution < 1.29 is 9.13 Å². The minimum atomic E-state index is -1.35. The second kappa shape index (κ2) is 8.24. The molecule has 0 aromatic heterocycles. The lowest BCUT2D eigenvalue weighted by Gasteiger charge is -2.32. The first-order chi connectivity index (χ1) is 11.4. The standard InChI is InChI=1S/C18H32FN2OPS/c1-18(19,23)13-22-17-20(2)15-12-21(11-9-16(15)24-17)10-8-14-6-4-3-5-7-14/h14,17H,3-13,23H2,1-2H3. The van der Waals surface area contributed by atoms with Gasteiger partial charge in [0.1, 0.15) is 5.41 Å². The van der Waals surface area contributed by atoms with E-state index in [4.69, 9.17) is 4.74 Å². The van der Waals surface area contributed by atoms with Gasteiger partial charge in [-0.3, -0.25) is 4.90 Å². The molecular formula is C18H32FN2OPS. The first-order valence-electron chi connectivity index (χ1n) is 9.35. The largest absolute Gasteiger partial charge is 0.345 e. The molecule has 0 aromatic rings. The summed E-state index contributed by atoms with van der Waals surface area (Å²) in [5.41, 5.74) is 1.33. The molecule has 0 aromatic carbocycles. The molecule has 3 nitrogen and oxygen atoms in total. The summed E-state index contributed by atoms with van der Waals surface area (Å²) in [5.74, 6) is 0.949. The number of nitrogens with zero attached hydrogens (tertiary/aromatic N) is 2. The molecular weight excluding hydrogens is 342 g/mol. The van der Waals surface area contributed by atoms with Crippen LogP contribution in [-0.2, 0) is 4.74 Å². The number of alkyl halides is 1. The number of ether oxygens (including phenoxy) is 1. The van der Waals surface area contributed by atoms with Crippen LogP contribution in [0.3, 0.4) is 0 Å². The molecule has 0 radical (unpaired) electrons. The Hall–Kier alpha value is 0.170. The monoisotopic (exact) mass is 374 g/mol. The van der Waals surface area contributed by atoms with Crippen molar-refractivity contribution in [2.75, 3.05) is 33.3 Å². The van der Waals surface area contributed by atoms with E-state index in [1.165, 1.54) is 62.6 Å². The molecule has 3 aliphatic rings. The molecule has 3 atom stereocenters. The van der Waals surface area contributed by atoms with Crippen molar-refractivity contribution in [3.05, 3.63) is 10.6 Å². The van der Waals surface area contributed by atoms with E-state index in [0.717, 1.165) is 25.4 Å². The topological polar surface area (TPSA) is 15.7 Å². The number of hydrogen-bond donors (Lipinski definition) is 0. The summed E-state index contributed by atoms with van der Waals surface area (Å²) < 4.78 is 19.5. The van der Waals surface area contributed by atoms with Gasteiger partial charge in [0, 0.05) is 30.7 Å². The normalized spacial score (nSPS) is 29.0. The fourth-order valence-corrected chi connectivity index (χ4v) is 5.27. The Bertz CT molecular complexity index is 462. The maximum absolute atomic E-state index is 13.7. The van der Waals surface area contributed by atoms with Crippen LogP contribution in [0.1, 0.15) is 51.9 Å². The minimum absolute atomic E-state index is 0.0658. The highest BCUT2D eigenvalue weighted by Gasteiger charge is 2.35. The maximum Gasteiger partial charge on any atom is 0.182 e. The van der Waals surface area contributed by atoms with E-state index in [1.807, 2.05) is 0 Å². The lowest BCUT2D eigenvalue weighted by atomic mass is 9.87. The number of thioether (sulfide) groups is 1. The summed E-state index contributed by atoms with van der Waals surface area (Å²) >= 11 is 1.77. The quantitative estimate of drug-likeness (QED) is 0.640. The van der Waals surface area contributed by atoms with Gasteiger partial charge in [0.2, 0.25) is 0 Å². The third kappa shape index (κ3) is 5.09. The molecule has 0 bridgehead atoms. The molecule has 3 unspecified atom stereocenters. The van der Waals surface area contributed by atoms with Gasteiger partial charge >= 0.3 is 0 Å². The highest BCUT2D eigenvalue weighted by atomic mass is 32.2. The summed E-state index contributed by atoms with van der Waals surface area (Å²) in [4.78, 5) is 6.26. The molecule has 1 aliphatic carbocycles. The van der Waals surface area contributed by atoms with E-state index in [9.17, 15) is 4.39 Å². The van der Waals surface area contributed by atoms with E-state index in [0.29, 0.717) is 0 Å². The van der Waals surface area contributed by atoms with Crippen LogP contribution < -0.4 is 0 Å². The third-order valence-corrected chi connectivity index (χ3v) is 6.97. The van der Waals surface area contributed by atoms with Crippen molar-refractivity contribution in [2.45, 2.75) is 62.8 Å². The number of halogens is 1. The van der Waals surface area contributed by atoms with Crippen LogP contribution >= 0.6 is 21.0 Å². The molecule has 0 N–H and O–H groups in total. The Kier molecular flexibility index (Phi) is 6.51. The number of rotatable bonds is 6. The molecule has 3 rings (SSSR count). The van der Waals surface area contributed by atoms with Gasteiger partial charge in [0.05, 0.1) is 6.61 Å². The van der Waals surface area contributed by atoms with Gasteiger partial charge in [-0.15, -0.1) is 0 Å². The van der Waals surface area contributed by atoms with Crippen molar-refractivity contribution in [2.24, 2.45) is 5.92 Å². The van der Waals surface area contributed by atoms with E-state index in [-0.39, 0.29) is 12.2 Å². The van der Waals surface area contributed by atoms with Crippen LogP contribution in [0.2, 0.25) is 0 Å². The maximum atomic E-state index is 13.7. The highest BCUT2D eigenvalue weighted by Crippen LogP contribution is 2.42. The van der Waals surface area contributed by atoms with E-state index >= 15 is 0 Å². The Morgan fingerprint density at radius 3 is 2.79 bits per heavy atom. The summed E-state index contributed by atoms with van der Waals surface area (Å²) in [6.07, 6.45) is 9.64. The SMILES string of the molecule is CN1C2=C(CCN(CCC3CCCCC3)C2)SC1OCC(C)(F)P. The van der Waals surface area contributed by atoms with Gasteiger partial charge in [-0.2, -0.15) is 0 Å². The molecule has 24 heavy (non-hydrogen) atoms. The summed E-state index contributed by atoms with van der Waals surface area (Å²) in [6.45, 7) is 5.06. The zero-order valence-electron chi connectivity index (χ0n) is 15.1. The van der Waals surface area contributed by atoms with E-state index < -0.39 is 5.41 Å². The smallest absolute Gasteiger partial charge is 0.182 e. The summed E-state index contributed by atoms with van der Waals surface area (Å²) in [5, 5.41) is -1.35. The van der Waals surface area contributed by atoms with Gasteiger partial charge < -0.3 is 9.64 Å². The zero-order chi connectivity index (χ0) is 17.2. The van der Waals surface area contributed by atoms with Crippen LogP contribution in [-0.4, -0.2) is 54.1 Å². The second-order valence-electron chi connectivity index (χ2n) is 7.81. The van der Waals surface area contributed by atoms with Crippen molar-refractivity contribution in [3.63, 3.8) is 0 Å². The lowest BCUT2D eigenvalue weighted by molar-refractivity contribution is -0.00150. The average molecular weight is 375 g/mol. The highest BCUT2D eigenvalue weighted by molar-refractivity contribution is 8.03. The first kappa shape index (κ1) is 18.9. The van der Waals surface area contributed by atoms with Crippen LogP contribution in [0.5, 0.6) is 0 Å². The van der Waals surface area contributed by atoms with Gasteiger partial charge in [0.15, 0.2) is 5.56 Å².